The van der Waals surface area contributed by atoms with Gasteiger partial charge in [-0.05, 0) is 24.3 Å². The van der Waals surface area contributed by atoms with Crippen molar-refractivity contribution < 1.29 is 14.1 Å². The highest BCUT2D eigenvalue weighted by molar-refractivity contribution is 6.01. The van der Waals surface area contributed by atoms with E-state index < -0.39 is 11.1 Å². The minimum absolute atomic E-state index is 0.0199. The molecule has 4 rings (SSSR count). The third-order valence-electron chi connectivity index (χ3n) is 4.33. The summed E-state index contributed by atoms with van der Waals surface area (Å²) in [6, 6.07) is 17.1. The van der Waals surface area contributed by atoms with Crippen molar-refractivity contribution in [2.45, 2.75) is 12.7 Å². The summed E-state index contributed by atoms with van der Waals surface area (Å²) in [4.78, 5) is 25.3. The summed E-state index contributed by atoms with van der Waals surface area (Å²) in [5.41, 5.74) is 1.87. The highest BCUT2D eigenvalue weighted by Crippen LogP contribution is 2.35. The van der Waals surface area contributed by atoms with Crippen LogP contribution in [0.2, 0.25) is 0 Å². The van der Waals surface area contributed by atoms with Gasteiger partial charge in [-0.3, -0.25) is 14.9 Å². The normalized spacial score (nSPS) is 16.1. The number of nitro benzene ring substituents is 1. The lowest BCUT2D eigenvalue weighted by Crippen LogP contribution is -2.42. The van der Waals surface area contributed by atoms with E-state index in [2.05, 4.69) is 5.32 Å². The monoisotopic (exact) mass is 349 g/mol. The van der Waals surface area contributed by atoms with Crippen molar-refractivity contribution in [2.24, 2.45) is 0 Å². The predicted octanol–water partition coefficient (Wildman–Crippen LogP) is 3.95. The van der Waals surface area contributed by atoms with E-state index in [0.29, 0.717) is 22.6 Å². The summed E-state index contributed by atoms with van der Waals surface area (Å²) in [5, 5.41) is 14.4. The van der Waals surface area contributed by atoms with E-state index in [1.54, 1.807) is 47.6 Å². The van der Waals surface area contributed by atoms with Gasteiger partial charge in [0.15, 0.2) is 0 Å². The van der Waals surface area contributed by atoms with E-state index in [-0.39, 0.29) is 18.1 Å². The molecule has 130 valence electrons. The summed E-state index contributed by atoms with van der Waals surface area (Å²) in [6.07, 6.45) is 1.01. The van der Waals surface area contributed by atoms with Crippen LogP contribution in [0.25, 0.3) is 0 Å². The number of para-hydroxylation sites is 1. The van der Waals surface area contributed by atoms with Crippen molar-refractivity contribution in [1.82, 2.24) is 4.90 Å². The molecule has 0 spiro atoms. The van der Waals surface area contributed by atoms with Crippen molar-refractivity contribution in [3.05, 3.63) is 93.9 Å². The fourth-order valence-electron chi connectivity index (χ4n) is 3.10. The van der Waals surface area contributed by atoms with Gasteiger partial charge in [0.2, 0.25) is 0 Å². The first-order valence-corrected chi connectivity index (χ1v) is 8.07. The molecule has 1 amide bonds. The third-order valence-corrected chi connectivity index (χ3v) is 4.33. The number of benzene rings is 2. The van der Waals surface area contributed by atoms with Crippen LogP contribution < -0.4 is 5.32 Å². The average Bonchev–Trinajstić information content (AvgIpc) is 3.17. The van der Waals surface area contributed by atoms with Gasteiger partial charge >= 0.3 is 0 Å². The molecule has 0 aliphatic carbocycles. The fourth-order valence-corrected chi connectivity index (χ4v) is 3.10. The molecule has 3 aromatic rings. The smallest absolute Gasteiger partial charge is 0.269 e. The molecule has 7 heteroatoms. The molecule has 0 saturated heterocycles. The van der Waals surface area contributed by atoms with Gasteiger partial charge in [0.05, 0.1) is 23.3 Å². The van der Waals surface area contributed by atoms with Crippen molar-refractivity contribution in [2.75, 3.05) is 5.32 Å². The Kier molecular flexibility index (Phi) is 3.89. The predicted molar refractivity (Wildman–Crippen MR) is 94.5 cm³/mol. The van der Waals surface area contributed by atoms with Crippen LogP contribution in [0.1, 0.15) is 27.8 Å². The molecule has 0 radical (unpaired) electrons. The van der Waals surface area contributed by atoms with E-state index in [4.69, 9.17) is 4.42 Å². The summed E-state index contributed by atoms with van der Waals surface area (Å²) < 4.78 is 5.39. The van der Waals surface area contributed by atoms with E-state index >= 15 is 0 Å². The topological polar surface area (TPSA) is 88.6 Å². The molecule has 1 unspecified atom stereocenters. The van der Waals surface area contributed by atoms with Gasteiger partial charge < -0.3 is 14.6 Å². The first kappa shape index (κ1) is 15.9. The molecule has 0 fully saturated rings. The average molecular weight is 349 g/mol. The molecule has 1 atom stereocenters. The molecule has 2 aromatic carbocycles. The van der Waals surface area contributed by atoms with Crippen LogP contribution in [0.3, 0.4) is 0 Å². The zero-order valence-electron chi connectivity index (χ0n) is 13.7. The van der Waals surface area contributed by atoms with Crippen LogP contribution in [0.15, 0.2) is 71.3 Å². The number of nitrogens with zero attached hydrogens (tertiary/aromatic N) is 2. The van der Waals surface area contributed by atoms with Gasteiger partial charge in [-0.1, -0.05) is 24.3 Å². The molecule has 0 bridgehead atoms. The first-order chi connectivity index (χ1) is 12.6. The first-order valence-electron chi connectivity index (χ1n) is 8.07. The van der Waals surface area contributed by atoms with Gasteiger partial charge in [-0.2, -0.15) is 0 Å². The number of non-ortho nitro benzene ring substituents is 1. The standard InChI is InChI=1S/C19H15N3O4/c23-19-16-8-1-2-9-17(16)20-18(21(19)12-15-7-4-10-26-15)13-5-3-6-14(11-13)22(24)25/h1-11,18,20H,12H2. The Balaban J connectivity index is 1.78. The summed E-state index contributed by atoms with van der Waals surface area (Å²) in [6.45, 7) is 0.251. The van der Waals surface area contributed by atoms with Crippen LogP contribution >= 0.6 is 0 Å². The minimum atomic E-state index is -0.539. The molecule has 0 saturated carbocycles. The minimum Gasteiger partial charge on any atom is -0.467 e. The number of furan rings is 1. The number of rotatable bonds is 4. The van der Waals surface area contributed by atoms with Crippen LogP contribution in [-0.4, -0.2) is 15.7 Å². The van der Waals surface area contributed by atoms with Crippen LogP contribution in [0.5, 0.6) is 0 Å². The van der Waals surface area contributed by atoms with Gasteiger partial charge in [0.1, 0.15) is 11.9 Å². The zero-order valence-corrected chi connectivity index (χ0v) is 13.7. The van der Waals surface area contributed by atoms with Crippen LogP contribution in [0.4, 0.5) is 11.4 Å². The maximum Gasteiger partial charge on any atom is 0.269 e. The van der Waals surface area contributed by atoms with E-state index in [9.17, 15) is 14.9 Å². The molecule has 1 aliphatic heterocycles. The lowest BCUT2D eigenvalue weighted by molar-refractivity contribution is -0.384. The molecule has 1 aliphatic rings. The quantitative estimate of drug-likeness (QED) is 0.569. The number of nitrogens with one attached hydrogen (secondary N) is 1. The van der Waals surface area contributed by atoms with Crippen LogP contribution in [0, 0.1) is 10.1 Å². The Morgan fingerprint density at radius 1 is 1.12 bits per heavy atom. The van der Waals surface area contributed by atoms with Crippen molar-refractivity contribution in [1.29, 1.82) is 0 Å². The number of hydrogen-bond donors (Lipinski definition) is 1. The van der Waals surface area contributed by atoms with Gasteiger partial charge in [0, 0.05) is 23.4 Å². The fraction of sp³-hybridized carbons (Fsp3) is 0.105. The van der Waals surface area contributed by atoms with Gasteiger partial charge in [-0.25, -0.2) is 0 Å². The Labute approximate surface area is 149 Å². The SMILES string of the molecule is O=C1c2ccccc2NC(c2cccc([N+](=O)[O-])c2)N1Cc1ccco1. The third kappa shape index (κ3) is 2.79. The summed E-state index contributed by atoms with van der Waals surface area (Å²) >= 11 is 0. The van der Waals surface area contributed by atoms with Crippen molar-refractivity contribution in [3.63, 3.8) is 0 Å². The highest BCUT2D eigenvalue weighted by Gasteiger charge is 2.33. The Hall–Kier alpha value is -3.61. The van der Waals surface area contributed by atoms with Crippen molar-refractivity contribution in [3.8, 4) is 0 Å². The lowest BCUT2D eigenvalue weighted by Gasteiger charge is -2.37. The summed E-state index contributed by atoms with van der Waals surface area (Å²) in [7, 11) is 0. The van der Waals surface area contributed by atoms with E-state index in [1.807, 2.05) is 12.1 Å². The zero-order chi connectivity index (χ0) is 18.1. The van der Waals surface area contributed by atoms with Crippen LogP contribution in [-0.2, 0) is 6.54 Å². The maximum absolute atomic E-state index is 13.1. The molecule has 2 heterocycles. The van der Waals surface area contributed by atoms with E-state index in [1.165, 1.54) is 12.1 Å². The number of fused-ring (bicyclic) bond motifs is 1. The second kappa shape index (κ2) is 6.36. The number of nitro groups is 1. The Morgan fingerprint density at radius 2 is 1.96 bits per heavy atom. The molecule has 7 nitrogen and oxygen atoms in total. The lowest BCUT2D eigenvalue weighted by atomic mass is 10.0. The number of anilines is 1. The van der Waals surface area contributed by atoms with Crippen molar-refractivity contribution >= 4 is 17.3 Å². The Bertz CT molecular complexity index is 968. The van der Waals surface area contributed by atoms with Gasteiger partial charge in [-0.15, -0.1) is 0 Å². The molecular weight excluding hydrogens is 334 g/mol. The molecule has 26 heavy (non-hydrogen) atoms. The molecular formula is C19H15N3O4. The largest absolute Gasteiger partial charge is 0.467 e. The van der Waals surface area contributed by atoms with Gasteiger partial charge in [0.25, 0.3) is 11.6 Å². The number of carbonyl (C=O) groups excluding carboxylic acids is 1. The number of amides is 1. The second-order valence-electron chi connectivity index (χ2n) is 5.96. The molecule has 1 aromatic heterocycles. The van der Waals surface area contributed by atoms with E-state index in [0.717, 1.165) is 0 Å². The number of hydrogen-bond acceptors (Lipinski definition) is 5. The molecule has 1 N–H and O–H groups in total. The number of carbonyl (C=O) groups is 1. The summed E-state index contributed by atoms with van der Waals surface area (Å²) in [5.74, 6) is 0.474. The maximum atomic E-state index is 13.1. The second-order valence-corrected chi connectivity index (χ2v) is 5.96. The highest BCUT2D eigenvalue weighted by atomic mass is 16.6. The Morgan fingerprint density at radius 3 is 2.73 bits per heavy atom.